The number of hydrogen-bond donors (Lipinski definition) is 0. The molecule has 0 radical (unpaired) electrons. The summed E-state index contributed by atoms with van der Waals surface area (Å²) >= 11 is 0. The van der Waals surface area contributed by atoms with Gasteiger partial charge in [0.05, 0.1) is 18.4 Å². The van der Waals surface area contributed by atoms with Crippen LogP contribution in [0.15, 0.2) is 58.2 Å². The van der Waals surface area contributed by atoms with Crippen LogP contribution in [-0.4, -0.2) is 30.8 Å². The number of hydrogen-bond acceptors (Lipinski definition) is 7. The van der Waals surface area contributed by atoms with Crippen LogP contribution in [0, 0.1) is 18.6 Å². The third-order valence-corrected chi connectivity index (χ3v) is 5.26. The lowest BCUT2D eigenvalue weighted by molar-refractivity contribution is 0.0515. The fraction of sp³-hybridized carbons (Fsp3) is 0.150. The molecule has 3 rings (SSSR count). The molecule has 0 atom stereocenters. The summed E-state index contributed by atoms with van der Waals surface area (Å²) in [4.78, 5) is 23.8. The number of ether oxygens (including phenoxy) is 1. The van der Waals surface area contributed by atoms with Gasteiger partial charge in [-0.05, 0) is 44.2 Å². The Labute approximate surface area is 175 Å². The van der Waals surface area contributed by atoms with Gasteiger partial charge < -0.3 is 8.92 Å². The third-order valence-electron chi connectivity index (χ3n) is 4.01. The SMILES string of the molecule is CCOC(=O)c1nn(-c2ccc(C)cc2)c(=O)cc1OS(=O)(=O)c1cc(F)ccc1F. The Morgan fingerprint density at radius 3 is 2.42 bits per heavy atom. The lowest BCUT2D eigenvalue weighted by Gasteiger charge is -2.13. The average molecular weight is 450 g/mol. The van der Waals surface area contributed by atoms with Gasteiger partial charge in [-0.25, -0.2) is 13.6 Å². The van der Waals surface area contributed by atoms with Gasteiger partial charge in [0.1, 0.15) is 16.5 Å². The van der Waals surface area contributed by atoms with Crippen molar-refractivity contribution >= 4 is 16.1 Å². The third kappa shape index (κ3) is 4.77. The van der Waals surface area contributed by atoms with Crippen molar-refractivity contribution in [3.63, 3.8) is 0 Å². The Kier molecular flexibility index (Phi) is 6.16. The van der Waals surface area contributed by atoms with Crippen molar-refractivity contribution < 1.29 is 30.9 Å². The Balaban J connectivity index is 2.14. The number of aromatic nitrogens is 2. The highest BCUT2D eigenvalue weighted by Gasteiger charge is 2.28. The van der Waals surface area contributed by atoms with E-state index in [1.54, 1.807) is 24.3 Å². The van der Waals surface area contributed by atoms with Crippen molar-refractivity contribution in [2.75, 3.05) is 6.61 Å². The van der Waals surface area contributed by atoms with Gasteiger partial charge in [0, 0.05) is 0 Å². The van der Waals surface area contributed by atoms with E-state index in [0.717, 1.165) is 16.3 Å². The van der Waals surface area contributed by atoms with E-state index in [4.69, 9.17) is 8.92 Å². The Bertz CT molecular complexity index is 1300. The van der Waals surface area contributed by atoms with E-state index in [0.29, 0.717) is 23.9 Å². The molecule has 0 amide bonds. The number of halogens is 2. The molecule has 0 N–H and O–H groups in total. The predicted molar refractivity (Wildman–Crippen MR) is 105 cm³/mol. The first-order chi connectivity index (χ1) is 14.6. The normalized spacial score (nSPS) is 11.2. The van der Waals surface area contributed by atoms with Crippen LogP contribution < -0.4 is 9.74 Å². The minimum atomic E-state index is -4.95. The minimum Gasteiger partial charge on any atom is -0.461 e. The van der Waals surface area contributed by atoms with E-state index in [2.05, 4.69) is 5.10 Å². The first-order valence-corrected chi connectivity index (χ1v) is 10.3. The van der Waals surface area contributed by atoms with Gasteiger partial charge in [0.15, 0.2) is 5.75 Å². The van der Waals surface area contributed by atoms with Crippen molar-refractivity contribution in [3.05, 3.63) is 81.8 Å². The molecule has 0 fully saturated rings. The molecule has 0 saturated carbocycles. The zero-order valence-corrected chi connectivity index (χ0v) is 17.2. The highest BCUT2D eigenvalue weighted by atomic mass is 32.2. The minimum absolute atomic E-state index is 0.0745. The van der Waals surface area contributed by atoms with Gasteiger partial charge >= 0.3 is 16.1 Å². The van der Waals surface area contributed by atoms with Gasteiger partial charge in [0.25, 0.3) is 5.56 Å². The van der Waals surface area contributed by atoms with Crippen LogP contribution in [0.25, 0.3) is 5.69 Å². The standard InChI is InChI=1S/C20H16F2N2O6S/c1-3-29-20(26)19-16(30-31(27,28)17-10-13(21)6-9-15(17)22)11-18(25)24(23-19)14-7-4-12(2)5-8-14/h4-11H,3H2,1-2H3. The summed E-state index contributed by atoms with van der Waals surface area (Å²) in [6.45, 7) is 3.26. The predicted octanol–water partition coefficient (Wildman–Crippen LogP) is 2.76. The average Bonchev–Trinajstić information content (AvgIpc) is 2.70. The maximum absolute atomic E-state index is 13.9. The molecule has 0 saturated heterocycles. The quantitative estimate of drug-likeness (QED) is 0.420. The van der Waals surface area contributed by atoms with Gasteiger partial charge in [-0.2, -0.15) is 18.2 Å². The maximum atomic E-state index is 13.9. The van der Waals surface area contributed by atoms with Gasteiger partial charge in [-0.1, -0.05) is 17.7 Å². The lowest BCUT2D eigenvalue weighted by Crippen LogP contribution is -2.26. The molecule has 1 aromatic heterocycles. The summed E-state index contributed by atoms with van der Waals surface area (Å²) in [5.74, 6) is -4.16. The van der Waals surface area contributed by atoms with E-state index in [9.17, 15) is 26.8 Å². The molecule has 31 heavy (non-hydrogen) atoms. The van der Waals surface area contributed by atoms with Crippen LogP contribution in [0.3, 0.4) is 0 Å². The van der Waals surface area contributed by atoms with Gasteiger partial charge in [-0.15, -0.1) is 0 Å². The number of aryl methyl sites for hydroxylation is 1. The monoisotopic (exact) mass is 450 g/mol. The molecule has 8 nitrogen and oxygen atoms in total. The molecule has 0 unspecified atom stereocenters. The lowest BCUT2D eigenvalue weighted by atomic mass is 10.2. The van der Waals surface area contributed by atoms with E-state index in [-0.39, 0.29) is 6.61 Å². The number of rotatable bonds is 6. The van der Waals surface area contributed by atoms with Crippen molar-refractivity contribution in [2.45, 2.75) is 18.7 Å². The number of carbonyl (C=O) groups is 1. The van der Waals surface area contributed by atoms with Gasteiger partial charge in [0.2, 0.25) is 5.69 Å². The first kappa shape index (κ1) is 22.1. The highest BCUT2D eigenvalue weighted by Crippen LogP contribution is 2.24. The van der Waals surface area contributed by atoms with Crippen molar-refractivity contribution in [1.29, 1.82) is 0 Å². The summed E-state index contributed by atoms with van der Waals surface area (Å²) in [6, 6.07) is 8.98. The molecule has 0 spiro atoms. The second-order valence-corrected chi connectivity index (χ2v) is 7.79. The number of benzene rings is 2. The van der Waals surface area contributed by atoms with Crippen LogP contribution in [0.1, 0.15) is 23.0 Å². The Morgan fingerprint density at radius 1 is 1.10 bits per heavy atom. The fourth-order valence-electron chi connectivity index (χ4n) is 2.55. The highest BCUT2D eigenvalue weighted by molar-refractivity contribution is 7.87. The van der Waals surface area contributed by atoms with Crippen LogP contribution in [0.2, 0.25) is 0 Å². The van der Waals surface area contributed by atoms with Crippen LogP contribution >= 0.6 is 0 Å². The number of nitrogens with zero attached hydrogens (tertiary/aromatic N) is 2. The number of carbonyl (C=O) groups excluding carboxylic acids is 1. The summed E-state index contributed by atoms with van der Waals surface area (Å²) in [7, 11) is -4.95. The summed E-state index contributed by atoms with van der Waals surface area (Å²) in [5.41, 5.74) is -0.262. The molecule has 0 aliphatic rings. The smallest absolute Gasteiger partial charge is 0.362 e. The zero-order chi connectivity index (χ0) is 22.8. The molecule has 1 heterocycles. The largest absolute Gasteiger partial charge is 0.461 e. The van der Waals surface area contributed by atoms with Gasteiger partial charge in [-0.3, -0.25) is 4.79 Å². The molecule has 2 aromatic carbocycles. The van der Waals surface area contributed by atoms with Crippen LogP contribution in [0.4, 0.5) is 8.78 Å². The van der Waals surface area contributed by atoms with Crippen molar-refractivity contribution in [1.82, 2.24) is 9.78 Å². The molecule has 0 aliphatic heterocycles. The fourth-order valence-corrected chi connectivity index (χ4v) is 3.56. The van der Waals surface area contributed by atoms with E-state index in [1.165, 1.54) is 6.92 Å². The Hall–Kier alpha value is -3.60. The molecule has 0 aliphatic carbocycles. The second-order valence-electron chi connectivity index (χ2n) is 6.28. The molecular formula is C20H16F2N2O6S. The van der Waals surface area contributed by atoms with Crippen LogP contribution in [0.5, 0.6) is 5.75 Å². The van der Waals surface area contributed by atoms with E-state index in [1.807, 2.05) is 6.92 Å². The number of esters is 1. The Morgan fingerprint density at radius 2 is 1.77 bits per heavy atom. The van der Waals surface area contributed by atoms with E-state index >= 15 is 0 Å². The zero-order valence-electron chi connectivity index (χ0n) is 16.3. The molecule has 3 aromatic rings. The first-order valence-electron chi connectivity index (χ1n) is 8.90. The summed E-state index contributed by atoms with van der Waals surface area (Å²) < 4.78 is 62.9. The van der Waals surface area contributed by atoms with E-state index < -0.39 is 49.6 Å². The molecule has 0 bridgehead atoms. The van der Waals surface area contributed by atoms with Crippen molar-refractivity contribution in [2.24, 2.45) is 0 Å². The summed E-state index contributed by atoms with van der Waals surface area (Å²) in [6.07, 6.45) is 0. The second kappa shape index (κ2) is 8.64. The topological polar surface area (TPSA) is 105 Å². The molecule has 162 valence electrons. The van der Waals surface area contributed by atoms with Crippen LogP contribution in [-0.2, 0) is 14.9 Å². The molecular weight excluding hydrogens is 434 g/mol. The maximum Gasteiger partial charge on any atom is 0.362 e. The van der Waals surface area contributed by atoms with Crippen molar-refractivity contribution in [3.8, 4) is 11.4 Å². The summed E-state index contributed by atoms with van der Waals surface area (Å²) in [5, 5.41) is 3.88. The molecule has 11 heteroatoms.